The van der Waals surface area contributed by atoms with Gasteiger partial charge in [-0.3, -0.25) is 0 Å². The summed E-state index contributed by atoms with van der Waals surface area (Å²) in [5.41, 5.74) is 10.3. The van der Waals surface area contributed by atoms with Crippen molar-refractivity contribution in [2.45, 2.75) is 13.8 Å². The summed E-state index contributed by atoms with van der Waals surface area (Å²) >= 11 is 1.57. The second-order valence-corrected chi connectivity index (χ2v) is 5.99. The third kappa shape index (κ3) is 5.39. The van der Waals surface area contributed by atoms with Crippen LogP contribution >= 0.6 is 36.2 Å². The lowest BCUT2D eigenvalue weighted by atomic mass is 10.1. The quantitative estimate of drug-likeness (QED) is 0.618. The first-order valence-electron chi connectivity index (χ1n) is 6.84. The molecule has 3 N–H and O–H groups in total. The van der Waals surface area contributed by atoms with Crippen molar-refractivity contribution in [1.29, 1.82) is 0 Å². The van der Waals surface area contributed by atoms with Gasteiger partial charge >= 0.3 is 0 Å². The van der Waals surface area contributed by atoms with Crippen LogP contribution in [0, 0.1) is 13.8 Å². The number of aryl methyl sites for hydroxylation is 2. The Bertz CT molecular complexity index is 645. The van der Waals surface area contributed by atoms with Crippen molar-refractivity contribution in [1.82, 2.24) is 0 Å². The van der Waals surface area contributed by atoms with Crippen molar-refractivity contribution < 1.29 is 5.11 Å². The van der Waals surface area contributed by atoms with Gasteiger partial charge in [-0.15, -0.1) is 36.2 Å². The number of nitrogens with zero attached hydrogens (tertiary/aromatic N) is 2. The smallest absolute Gasteiger partial charge is 0.141 e. The highest BCUT2D eigenvalue weighted by Crippen LogP contribution is 2.31. The lowest BCUT2D eigenvalue weighted by molar-refractivity contribution is 0.304. The number of amidine groups is 1. The van der Waals surface area contributed by atoms with E-state index in [1.54, 1.807) is 11.3 Å². The van der Waals surface area contributed by atoms with Gasteiger partial charge in [0.1, 0.15) is 5.84 Å². The number of aliphatic imine (C=N–C) groups is 1. The molecule has 2 rings (SSSR count). The van der Waals surface area contributed by atoms with Gasteiger partial charge in [0.15, 0.2) is 0 Å². The van der Waals surface area contributed by atoms with E-state index < -0.39 is 0 Å². The standard InChI is InChI=1S/C16H21N3OS.2ClH/c1-11-9-13(18-16(17)15-5-4-8-21-15)14(10-12(11)2)19(3)6-7-20;;/h4-5,8-10,20H,6-7H2,1-3H3,(H2,17,18);2*1H. The first-order chi connectivity index (χ1) is 10.0. The molecule has 0 bridgehead atoms. The van der Waals surface area contributed by atoms with E-state index in [0.717, 1.165) is 16.3 Å². The van der Waals surface area contributed by atoms with Crippen LogP contribution in [0.15, 0.2) is 34.6 Å². The summed E-state index contributed by atoms with van der Waals surface area (Å²) in [5.74, 6) is 0.520. The molecule has 0 amide bonds. The Kier molecular flexibility index (Phi) is 9.24. The van der Waals surface area contributed by atoms with Crippen molar-refractivity contribution in [2.24, 2.45) is 10.7 Å². The van der Waals surface area contributed by atoms with E-state index in [4.69, 9.17) is 10.8 Å². The molecule has 0 atom stereocenters. The molecule has 4 nitrogen and oxygen atoms in total. The van der Waals surface area contributed by atoms with Gasteiger partial charge < -0.3 is 15.7 Å². The zero-order valence-corrected chi connectivity index (χ0v) is 15.9. The van der Waals surface area contributed by atoms with E-state index in [-0.39, 0.29) is 31.4 Å². The van der Waals surface area contributed by atoms with Crippen LogP contribution in [0.2, 0.25) is 0 Å². The summed E-state index contributed by atoms with van der Waals surface area (Å²) in [6.07, 6.45) is 0. The second-order valence-electron chi connectivity index (χ2n) is 5.04. The molecule has 0 unspecified atom stereocenters. The number of benzene rings is 1. The van der Waals surface area contributed by atoms with E-state index in [0.29, 0.717) is 12.4 Å². The summed E-state index contributed by atoms with van der Waals surface area (Å²) in [6, 6.07) is 8.05. The number of anilines is 1. The van der Waals surface area contributed by atoms with Crippen LogP contribution in [0.25, 0.3) is 0 Å². The molecule has 0 aliphatic carbocycles. The van der Waals surface area contributed by atoms with Crippen LogP contribution in [0.5, 0.6) is 0 Å². The van der Waals surface area contributed by atoms with Crippen LogP contribution in [0.4, 0.5) is 11.4 Å². The van der Waals surface area contributed by atoms with Crippen LogP contribution in [0.1, 0.15) is 16.0 Å². The Labute approximate surface area is 153 Å². The summed E-state index contributed by atoms with van der Waals surface area (Å²) in [7, 11) is 1.95. The highest BCUT2D eigenvalue weighted by Gasteiger charge is 2.10. The highest BCUT2D eigenvalue weighted by molar-refractivity contribution is 7.12. The first kappa shape index (κ1) is 21.7. The molecule has 0 aliphatic rings. The molecule has 0 saturated carbocycles. The lowest BCUT2D eigenvalue weighted by Gasteiger charge is -2.21. The topological polar surface area (TPSA) is 61.8 Å². The van der Waals surface area contributed by atoms with Crippen molar-refractivity contribution in [3.05, 3.63) is 45.6 Å². The van der Waals surface area contributed by atoms with Gasteiger partial charge in [0.05, 0.1) is 22.9 Å². The third-order valence-electron chi connectivity index (χ3n) is 3.45. The number of aliphatic hydroxyl groups is 1. The SMILES string of the molecule is Cc1cc(N=C(N)c2cccs2)c(N(C)CCO)cc1C.Cl.Cl. The van der Waals surface area contributed by atoms with Gasteiger partial charge in [0.2, 0.25) is 0 Å². The largest absolute Gasteiger partial charge is 0.395 e. The summed E-state index contributed by atoms with van der Waals surface area (Å²) < 4.78 is 0. The van der Waals surface area contributed by atoms with Gasteiger partial charge in [-0.2, -0.15) is 0 Å². The average molecular weight is 376 g/mol. The number of likely N-dealkylation sites (N-methyl/N-ethyl adjacent to an activating group) is 1. The van der Waals surface area contributed by atoms with Crippen molar-refractivity contribution in [2.75, 3.05) is 25.1 Å². The number of nitrogens with two attached hydrogens (primary N) is 1. The van der Waals surface area contributed by atoms with Crippen LogP contribution in [0.3, 0.4) is 0 Å². The highest BCUT2D eigenvalue weighted by atomic mass is 35.5. The van der Waals surface area contributed by atoms with Crippen LogP contribution in [-0.2, 0) is 0 Å². The zero-order chi connectivity index (χ0) is 15.4. The molecule has 0 fully saturated rings. The fourth-order valence-corrected chi connectivity index (χ4v) is 2.69. The van der Waals surface area contributed by atoms with Gasteiger partial charge in [0.25, 0.3) is 0 Å². The van der Waals surface area contributed by atoms with Gasteiger partial charge in [-0.25, -0.2) is 4.99 Å². The van der Waals surface area contributed by atoms with Crippen LogP contribution in [-0.4, -0.2) is 31.1 Å². The Morgan fingerprint density at radius 3 is 2.48 bits per heavy atom. The van der Waals surface area contributed by atoms with Gasteiger partial charge in [-0.05, 0) is 48.6 Å². The Hall–Kier alpha value is -1.27. The van der Waals surface area contributed by atoms with Crippen molar-refractivity contribution in [3.63, 3.8) is 0 Å². The van der Waals surface area contributed by atoms with Crippen molar-refractivity contribution in [3.8, 4) is 0 Å². The Balaban J connectivity index is 0.00000242. The van der Waals surface area contributed by atoms with E-state index in [2.05, 4.69) is 24.9 Å². The molecule has 23 heavy (non-hydrogen) atoms. The van der Waals surface area contributed by atoms with Gasteiger partial charge in [0, 0.05) is 13.6 Å². The minimum atomic E-state index is 0. The maximum absolute atomic E-state index is 9.14. The molecule has 0 saturated heterocycles. The fraction of sp³-hybridized carbons (Fsp3) is 0.312. The molecule has 2 aromatic rings. The van der Waals surface area contributed by atoms with Crippen LogP contribution < -0.4 is 10.6 Å². The number of rotatable bonds is 5. The monoisotopic (exact) mass is 375 g/mol. The maximum Gasteiger partial charge on any atom is 0.141 e. The molecule has 7 heteroatoms. The predicted molar refractivity (Wildman–Crippen MR) is 105 cm³/mol. The predicted octanol–water partition coefficient (Wildman–Crippen LogP) is 3.67. The molecule has 0 spiro atoms. The van der Waals surface area contributed by atoms with Crippen molar-refractivity contribution >= 4 is 53.4 Å². The maximum atomic E-state index is 9.14. The minimum Gasteiger partial charge on any atom is -0.395 e. The van der Waals surface area contributed by atoms with E-state index >= 15 is 0 Å². The molecule has 128 valence electrons. The normalized spacial score (nSPS) is 10.7. The fourth-order valence-electron chi connectivity index (χ4n) is 2.06. The molecule has 1 aromatic carbocycles. The molecule has 0 radical (unpaired) electrons. The average Bonchev–Trinajstić information content (AvgIpc) is 2.97. The third-order valence-corrected chi connectivity index (χ3v) is 4.34. The molecular weight excluding hydrogens is 353 g/mol. The van der Waals surface area contributed by atoms with E-state index in [9.17, 15) is 0 Å². The summed E-state index contributed by atoms with van der Waals surface area (Å²) in [6.45, 7) is 4.80. The number of aliphatic hydroxyl groups excluding tert-OH is 1. The van der Waals surface area contributed by atoms with Gasteiger partial charge in [-0.1, -0.05) is 6.07 Å². The number of thiophene rings is 1. The second kappa shape index (κ2) is 9.78. The molecule has 0 aliphatic heterocycles. The number of hydrogen-bond acceptors (Lipinski definition) is 4. The van der Waals surface area contributed by atoms with E-state index in [1.165, 1.54) is 11.1 Å². The zero-order valence-electron chi connectivity index (χ0n) is 13.4. The summed E-state index contributed by atoms with van der Waals surface area (Å²) in [5, 5.41) is 11.1. The minimum absolute atomic E-state index is 0. The Morgan fingerprint density at radius 2 is 1.91 bits per heavy atom. The summed E-state index contributed by atoms with van der Waals surface area (Å²) in [4.78, 5) is 7.54. The molecule has 1 aromatic heterocycles. The molecule has 1 heterocycles. The number of hydrogen-bond donors (Lipinski definition) is 2. The Morgan fingerprint density at radius 1 is 1.26 bits per heavy atom. The number of halogens is 2. The lowest BCUT2D eigenvalue weighted by Crippen LogP contribution is -2.21. The van der Waals surface area contributed by atoms with E-state index in [1.807, 2.05) is 35.5 Å². The molecular formula is C16H23Cl2N3OS. The first-order valence-corrected chi connectivity index (χ1v) is 7.72.